The minimum atomic E-state index is -0.299. The van der Waals surface area contributed by atoms with E-state index in [0.717, 1.165) is 16.7 Å². The highest BCUT2D eigenvalue weighted by atomic mass is 19.1. The van der Waals surface area contributed by atoms with Crippen molar-refractivity contribution in [2.45, 2.75) is 33.7 Å². The van der Waals surface area contributed by atoms with Crippen molar-refractivity contribution in [1.82, 2.24) is 5.32 Å². The molecule has 0 aliphatic carbocycles. The summed E-state index contributed by atoms with van der Waals surface area (Å²) in [6.07, 6.45) is 4.56. The fourth-order valence-corrected chi connectivity index (χ4v) is 2.44. The van der Waals surface area contributed by atoms with Crippen LogP contribution in [0.1, 0.15) is 38.3 Å². The highest BCUT2D eigenvalue weighted by Crippen LogP contribution is 2.25. The molecular formula is C22H27F2N. The third kappa shape index (κ3) is 6.43. The summed E-state index contributed by atoms with van der Waals surface area (Å²) in [5.41, 5.74) is 3.50. The molecule has 2 aromatic carbocycles. The average molecular weight is 343 g/mol. The SMILES string of the molecule is CC(C)(C)/C=C/c1ccc(-c2ccc(CNCCCF)cc2)c(F)c1. The number of benzene rings is 2. The molecule has 1 N–H and O–H groups in total. The van der Waals surface area contributed by atoms with Gasteiger partial charge in [-0.15, -0.1) is 0 Å². The van der Waals surface area contributed by atoms with Crippen molar-refractivity contribution in [2.24, 2.45) is 5.41 Å². The summed E-state index contributed by atoms with van der Waals surface area (Å²) in [4.78, 5) is 0. The van der Waals surface area contributed by atoms with Crippen molar-refractivity contribution < 1.29 is 8.78 Å². The molecule has 0 heterocycles. The first kappa shape index (κ1) is 19.3. The Morgan fingerprint density at radius 1 is 1.04 bits per heavy atom. The first-order valence-electron chi connectivity index (χ1n) is 8.74. The largest absolute Gasteiger partial charge is 0.313 e. The van der Waals surface area contributed by atoms with Gasteiger partial charge in [-0.2, -0.15) is 0 Å². The van der Waals surface area contributed by atoms with Crippen molar-refractivity contribution in [3.05, 3.63) is 65.5 Å². The summed E-state index contributed by atoms with van der Waals surface area (Å²) in [7, 11) is 0. The van der Waals surface area contributed by atoms with Crippen LogP contribution in [-0.2, 0) is 6.54 Å². The van der Waals surface area contributed by atoms with Crippen molar-refractivity contribution in [3.8, 4) is 11.1 Å². The number of rotatable bonds is 7. The smallest absolute Gasteiger partial charge is 0.131 e. The Morgan fingerprint density at radius 3 is 2.36 bits per heavy atom. The molecule has 0 saturated carbocycles. The average Bonchev–Trinajstić information content (AvgIpc) is 2.57. The molecule has 2 rings (SSSR count). The van der Waals surface area contributed by atoms with E-state index in [2.05, 4.69) is 32.2 Å². The molecule has 0 atom stereocenters. The molecule has 0 saturated heterocycles. The molecule has 0 unspecified atom stereocenters. The maximum atomic E-state index is 14.5. The molecule has 1 nitrogen and oxygen atoms in total. The number of allylic oxidation sites excluding steroid dienone is 1. The lowest BCUT2D eigenvalue weighted by Crippen LogP contribution is -2.14. The highest BCUT2D eigenvalue weighted by Gasteiger charge is 2.07. The van der Waals surface area contributed by atoms with Gasteiger partial charge in [0, 0.05) is 12.1 Å². The summed E-state index contributed by atoms with van der Waals surface area (Å²) in [6.45, 7) is 7.40. The summed E-state index contributed by atoms with van der Waals surface area (Å²) in [5, 5.41) is 3.19. The van der Waals surface area contributed by atoms with Gasteiger partial charge in [0.05, 0.1) is 6.67 Å². The highest BCUT2D eigenvalue weighted by molar-refractivity contribution is 5.66. The summed E-state index contributed by atoms with van der Waals surface area (Å²) in [5.74, 6) is -0.218. The number of hydrogen-bond acceptors (Lipinski definition) is 1. The van der Waals surface area contributed by atoms with Gasteiger partial charge in [0.2, 0.25) is 0 Å². The van der Waals surface area contributed by atoms with Gasteiger partial charge in [-0.25, -0.2) is 4.39 Å². The molecule has 134 valence electrons. The fraction of sp³-hybridized carbons (Fsp3) is 0.364. The van der Waals surface area contributed by atoms with E-state index in [1.54, 1.807) is 6.07 Å². The van der Waals surface area contributed by atoms with Gasteiger partial charge in [-0.1, -0.05) is 69.3 Å². The van der Waals surface area contributed by atoms with Crippen LogP contribution in [0.25, 0.3) is 17.2 Å². The van der Waals surface area contributed by atoms with Gasteiger partial charge in [0.15, 0.2) is 0 Å². The van der Waals surface area contributed by atoms with Crippen molar-refractivity contribution in [3.63, 3.8) is 0 Å². The van der Waals surface area contributed by atoms with Crippen molar-refractivity contribution in [1.29, 1.82) is 0 Å². The van der Waals surface area contributed by atoms with Crippen LogP contribution < -0.4 is 5.32 Å². The van der Waals surface area contributed by atoms with E-state index in [1.807, 2.05) is 42.5 Å². The van der Waals surface area contributed by atoms with Gasteiger partial charge in [0.25, 0.3) is 0 Å². The molecule has 0 radical (unpaired) electrons. The Labute approximate surface area is 149 Å². The molecular weight excluding hydrogens is 316 g/mol. The van der Waals surface area contributed by atoms with Crippen LogP contribution in [0.3, 0.4) is 0 Å². The number of halogens is 2. The second-order valence-corrected chi connectivity index (χ2v) is 7.35. The number of hydrogen-bond donors (Lipinski definition) is 1. The predicted octanol–water partition coefficient (Wildman–Crippen LogP) is 6.00. The van der Waals surface area contributed by atoms with E-state index >= 15 is 0 Å². The first-order chi connectivity index (χ1) is 11.9. The zero-order valence-corrected chi connectivity index (χ0v) is 15.3. The standard InChI is InChI=1S/C22H27F2N/c1-22(2,3)12-11-17-7-10-20(21(24)15-17)19-8-5-18(6-9-19)16-25-14-4-13-23/h5-12,15,25H,4,13-14,16H2,1-3H3/b12-11+. The van der Waals surface area contributed by atoms with Crippen LogP contribution in [0.4, 0.5) is 8.78 Å². The lowest BCUT2D eigenvalue weighted by atomic mass is 9.95. The van der Waals surface area contributed by atoms with Gasteiger partial charge >= 0.3 is 0 Å². The second-order valence-electron chi connectivity index (χ2n) is 7.35. The molecule has 0 aliphatic rings. The lowest BCUT2D eigenvalue weighted by molar-refractivity contribution is 0.459. The zero-order valence-electron chi connectivity index (χ0n) is 15.3. The van der Waals surface area contributed by atoms with E-state index in [4.69, 9.17) is 0 Å². The topological polar surface area (TPSA) is 12.0 Å². The third-order valence-corrected chi connectivity index (χ3v) is 3.85. The van der Waals surface area contributed by atoms with Gasteiger partial charge < -0.3 is 5.32 Å². The van der Waals surface area contributed by atoms with Crippen molar-refractivity contribution in [2.75, 3.05) is 13.2 Å². The van der Waals surface area contributed by atoms with Crippen LogP contribution in [0.15, 0.2) is 48.5 Å². The van der Waals surface area contributed by atoms with Gasteiger partial charge in [-0.3, -0.25) is 4.39 Å². The minimum absolute atomic E-state index is 0.0726. The molecule has 0 bridgehead atoms. The molecule has 0 aliphatic heterocycles. The Bertz CT molecular complexity index is 697. The monoisotopic (exact) mass is 343 g/mol. The molecule has 3 heteroatoms. The Morgan fingerprint density at radius 2 is 1.76 bits per heavy atom. The molecule has 0 fully saturated rings. The summed E-state index contributed by atoms with van der Waals surface area (Å²) >= 11 is 0. The van der Waals surface area contributed by atoms with E-state index in [9.17, 15) is 8.78 Å². The van der Waals surface area contributed by atoms with Gasteiger partial charge in [0.1, 0.15) is 5.82 Å². The predicted molar refractivity (Wildman–Crippen MR) is 103 cm³/mol. The van der Waals surface area contributed by atoms with Crippen LogP contribution in [0, 0.1) is 11.2 Å². The zero-order chi connectivity index (χ0) is 18.3. The van der Waals surface area contributed by atoms with Crippen LogP contribution >= 0.6 is 0 Å². The van der Waals surface area contributed by atoms with E-state index in [1.165, 1.54) is 0 Å². The van der Waals surface area contributed by atoms with Crippen LogP contribution in [0.2, 0.25) is 0 Å². The number of alkyl halides is 1. The quantitative estimate of drug-likeness (QED) is 0.608. The van der Waals surface area contributed by atoms with Crippen molar-refractivity contribution >= 4 is 6.08 Å². The fourth-order valence-electron chi connectivity index (χ4n) is 2.44. The molecule has 0 aromatic heterocycles. The van der Waals surface area contributed by atoms with Gasteiger partial charge in [-0.05, 0) is 41.1 Å². The Kier molecular flexibility index (Phi) is 6.89. The lowest BCUT2D eigenvalue weighted by Gasteiger charge is -2.11. The summed E-state index contributed by atoms with van der Waals surface area (Å²) in [6, 6.07) is 13.1. The third-order valence-electron chi connectivity index (χ3n) is 3.85. The maximum Gasteiger partial charge on any atom is 0.131 e. The van der Waals surface area contributed by atoms with E-state index < -0.39 is 0 Å². The number of nitrogens with one attached hydrogen (secondary N) is 1. The second kappa shape index (κ2) is 8.91. The molecule has 25 heavy (non-hydrogen) atoms. The molecule has 0 amide bonds. The summed E-state index contributed by atoms with van der Waals surface area (Å²) < 4.78 is 26.5. The Balaban J connectivity index is 2.07. The normalized spacial score (nSPS) is 12.0. The minimum Gasteiger partial charge on any atom is -0.313 e. The van der Waals surface area contributed by atoms with Crippen LogP contribution in [0.5, 0.6) is 0 Å². The molecule has 2 aromatic rings. The van der Waals surface area contributed by atoms with E-state index in [0.29, 0.717) is 25.1 Å². The molecule has 0 spiro atoms. The van der Waals surface area contributed by atoms with E-state index in [-0.39, 0.29) is 17.9 Å². The Hall–Kier alpha value is -2.00. The van der Waals surface area contributed by atoms with Crippen LogP contribution in [-0.4, -0.2) is 13.2 Å². The maximum absolute atomic E-state index is 14.5. The first-order valence-corrected chi connectivity index (χ1v) is 8.74.